The highest BCUT2D eigenvalue weighted by molar-refractivity contribution is 8.02. The predicted octanol–water partition coefficient (Wildman–Crippen LogP) is 5.23. The molecule has 0 radical (unpaired) electrons. The Bertz CT molecular complexity index is 463. The van der Waals surface area contributed by atoms with E-state index >= 15 is 0 Å². The minimum atomic E-state index is 1.06. The van der Waals surface area contributed by atoms with Crippen LogP contribution in [0.1, 0.15) is 5.56 Å². The highest BCUT2D eigenvalue weighted by Crippen LogP contribution is 2.19. The van der Waals surface area contributed by atoms with Crippen LogP contribution in [-0.4, -0.2) is 5.75 Å². The van der Waals surface area contributed by atoms with Crippen molar-refractivity contribution in [3.05, 3.63) is 77.7 Å². The van der Waals surface area contributed by atoms with Gasteiger partial charge in [-0.05, 0) is 23.1 Å². The summed E-state index contributed by atoms with van der Waals surface area (Å²) < 4.78 is 0. The lowest BCUT2D eigenvalue weighted by Crippen LogP contribution is -1.79. The first-order valence-corrected chi connectivity index (χ1v) is 7.97. The fourth-order valence-corrected chi connectivity index (χ4v) is 3.05. The third-order valence-electron chi connectivity index (χ3n) is 2.37. The largest absolute Gasteiger partial charge is 0.153 e. The van der Waals surface area contributed by atoms with Gasteiger partial charge in [0.2, 0.25) is 0 Å². The van der Waals surface area contributed by atoms with Crippen molar-refractivity contribution in [2.45, 2.75) is 10.6 Å². The molecule has 2 heteroatoms. The maximum atomic E-state index is 2.23. The second kappa shape index (κ2) is 8.06. The van der Waals surface area contributed by atoms with Crippen molar-refractivity contribution in [1.82, 2.24) is 0 Å². The molecule has 2 rings (SSSR count). The number of benzene rings is 2. The van der Waals surface area contributed by atoms with Crippen molar-refractivity contribution in [1.29, 1.82) is 0 Å². The van der Waals surface area contributed by atoms with E-state index in [2.05, 4.69) is 66.1 Å². The molecule has 0 heterocycles. The van der Waals surface area contributed by atoms with E-state index in [0.717, 1.165) is 11.5 Å². The minimum Gasteiger partial charge on any atom is -0.153 e. The molecule has 0 saturated heterocycles. The van der Waals surface area contributed by atoms with Gasteiger partial charge in [0.05, 0.1) is 0 Å². The van der Waals surface area contributed by atoms with Crippen LogP contribution in [0.2, 0.25) is 0 Å². The summed E-state index contributed by atoms with van der Waals surface area (Å²) in [7, 11) is 0. The second-order valence-electron chi connectivity index (χ2n) is 3.80. The van der Waals surface area contributed by atoms with Gasteiger partial charge in [0, 0.05) is 16.4 Å². The summed E-state index contributed by atoms with van der Waals surface area (Å²) in [6.07, 6.45) is 2.23. The first-order chi connectivity index (χ1) is 8.95. The molecular weight excluding hydrogens is 256 g/mol. The molecule has 92 valence electrons. The van der Waals surface area contributed by atoms with Crippen LogP contribution in [0.5, 0.6) is 0 Å². The molecule has 0 aliphatic carbocycles. The van der Waals surface area contributed by atoms with Crippen LogP contribution in [0.15, 0.2) is 77.0 Å². The van der Waals surface area contributed by atoms with Crippen LogP contribution in [0, 0.1) is 0 Å². The Balaban J connectivity index is 1.64. The van der Waals surface area contributed by atoms with E-state index in [-0.39, 0.29) is 0 Å². The molecule has 0 aliphatic rings. The standard InChI is InChI=1S/C16H16S2/c1-3-8-15(9-4-1)14-17-12-7-13-18-16-10-5-2-6-11-16/h1-11,13H,12,14H2. The Kier molecular flexibility index (Phi) is 5.97. The lowest BCUT2D eigenvalue weighted by Gasteiger charge is -1.98. The summed E-state index contributed by atoms with van der Waals surface area (Å²) in [5, 5.41) is 2.17. The average Bonchev–Trinajstić information content (AvgIpc) is 2.45. The van der Waals surface area contributed by atoms with Gasteiger partial charge in [-0.15, -0.1) is 0 Å². The number of hydrogen-bond acceptors (Lipinski definition) is 2. The third-order valence-corrected chi connectivity index (χ3v) is 4.21. The van der Waals surface area contributed by atoms with Gasteiger partial charge in [-0.25, -0.2) is 0 Å². The van der Waals surface area contributed by atoms with Crippen molar-refractivity contribution in [2.75, 3.05) is 5.75 Å². The number of thioether (sulfide) groups is 2. The van der Waals surface area contributed by atoms with Crippen LogP contribution in [0.3, 0.4) is 0 Å². The van der Waals surface area contributed by atoms with Crippen molar-refractivity contribution < 1.29 is 0 Å². The highest BCUT2D eigenvalue weighted by atomic mass is 32.2. The first kappa shape index (κ1) is 13.3. The fraction of sp³-hybridized carbons (Fsp3) is 0.125. The monoisotopic (exact) mass is 272 g/mol. The van der Waals surface area contributed by atoms with Gasteiger partial charge in [-0.1, -0.05) is 66.4 Å². The van der Waals surface area contributed by atoms with Crippen molar-refractivity contribution in [3.8, 4) is 0 Å². The lowest BCUT2D eigenvalue weighted by molar-refractivity contribution is 1.41. The van der Waals surface area contributed by atoms with Crippen molar-refractivity contribution in [2.24, 2.45) is 0 Å². The average molecular weight is 272 g/mol. The van der Waals surface area contributed by atoms with E-state index < -0.39 is 0 Å². The molecule has 2 aromatic rings. The van der Waals surface area contributed by atoms with Crippen LogP contribution in [-0.2, 0) is 5.75 Å². The molecule has 0 amide bonds. The second-order valence-corrected chi connectivity index (χ2v) is 5.81. The van der Waals surface area contributed by atoms with Gasteiger partial charge in [-0.2, -0.15) is 11.8 Å². The zero-order chi connectivity index (χ0) is 12.5. The lowest BCUT2D eigenvalue weighted by atomic mass is 10.2. The molecule has 0 N–H and O–H groups in total. The summed E-state index contributed by atoms with van der Waals surface area (Å²) in [6, 6.07) is 21.0. The maximum Gasteiger partial charge on any atom is 0.0187 e. The van der Waals surface area contributed by atoms with Crippen LogP contribution in [0.4, 0.5) is 0 Å². The molecule has 0 nitrogen and oxygen atoms in total. The summed E-state index contributed by atoms with van der Waals surface area (Å²) in [6.45, 7) is 0. The smallest absolute Gasteiger partial charge is 0.0187 e. The zero-order valence-corrected chi connectivity index (χ0v) is 11.8. The van der Waals surface area contributed by atoms with E-state index in [1.54, 1.807) is 11.8 Å². The van der Waals surface area contributed by atoms with Gasteiger partial charge in [-0.3, -0.25) is 0 Å². The number of hydrogen-bond donors (Lipinski definition) is 0. The van der Waals surface area contributed by atoms with Gasteiger partial charge < -0.3 is 0 Å². The Morgan fingerprint density at radius 2 is 1.50 bits per heavy atom. The zero-order valence-electron chi connectivity index (χ0n) is 10.2. The Morgan fingerprint density at radius 1 is 0.833 bits per heavy atom. The van der Waals surface area contributed by atoms with E-state index in [1.165, 1.54) is 10.5 Å². The van der Waals surface area contributed by atoms with E-state index in [1.807, 2.05) is 17.8 Å². The summed E-state index contributed by atoms with van der Waals surface area (Å²) in [5.41, 5.74) is 1.40. The van der Waals surface area contributed by atoms with E-state index in [4.69, 9.17) is 0 Å². The van der Waals surface area contributed by atoms with Crippen molar-refractivity contribution >= 4 is 23.5 Å². The highest BCUT2D eigenvalue weighted by Gasteiger charge is 1.90. The van der Waals surface area contributed by atoms with Crippen LogP contribution in [0.25, 0.3) is 0 Å². The first-order valence-electron chi connectivity index (χ1n) is 5.93. The topological polar surface area (TPSA) is 0 Å². The fourth-order valence-electron chi connectivity index (χ4n) is 1.48. The molecule has 0 spiro atoms. The van der Waals surface area contributed by atoms with Crippen LogP contribution < -0.4 is 0 Å². The third kappa shape index (κ3) is 5.03. The minimum absolute atomic E-state index is 1.06. The SMILES string of the molecule is C(=CSc1ccccc1)CSCc1ccccc1. The molecule has 0 aliphatic heterocycles. The molecule has 0 atom stereocenters. The van der Waals surface area contributed by atoms with Crippen molar-refractivity contribution in [3.63, 3.8) is 0 Å². The molecule has 0 unspecified atom stereocenters. The predicted molar refractivity (Wildman–Crippen MR) is 84.0 cm³/mol. The van der Waals surface area contributed by atoms with Gasteiger partial charge >= 0.3 is 0 Å². The molecule has 0 bridgehead atoms. The summed E-state index contributed by atoms with van der Waals surface area (Å²) >= 11 is 3.71. The molecule has 18 heavy (non-hydrogen) atoms. The Morgan fingerprint density at radius 3 is 2.22 bits per heavy atom. The maximum absolute atomic E-state index is 2.23. The molecule has 0 fully saturated rings. The van der Waals surface area contributed by atoms with Gasteiger partial charge in [0.15, 0.2) is 0 Å². The Hall–Kier alpha value is -1.12. The summed E-state index contributed by atoms with van der Waals surface area (Å²) in [5.74, 6) is 2.15. The van der Waals surface area contributed by atoms with E-state index in [0.29, 0.717) is 0 Å². The molecular formula is C16H16S2. The van der Waals surface area contributed by atoms with E-state index in [9.17, 15) is 0 Å². The van der Waals surface area contributed by atoms with Gasteiger partial charge in [0.1, 0.15) is 0 Å². The number of rotatable bonds is 6. The molecule has 2 aromatic carbocycles. The van der Waals surface area contributed by atoms with Gasteiger partial charge in [0.25, 0.3) is 0 Å². The van der Waals surface area contributed by atoms with Crippen LogP contribution >= 0.6 is 23.5 Å². The molecule has 0 saturated carbocycles. The Labute approximate surface area is 118 Å². The quantitative estimate of drug-likeness (QED) is 0.522. The summed E-state index contributed by atoms with van der Waals surface area (Å²) in [4.78, 5) is 1.29. The normalized spacial score (nSPS) is 10.9. The molecule has 0 aromatic heterocycles.